The topological polar surface area (TPSA) is 60.8 Å². The number of carboxylic acids is 1. The Bertz CT molecular complexity index is 583. The Morgan fingerprint density at radius 2 is 1.70 bits per heavy atom. The molecule has 2 rings (SSSR count). The molecule has 0 heterocycles. The van der Waals surface area contributed by atoms with Crippen molar-refractivity contribution >= 4 is 11.7 Å². The highest BCUT2D eigenvalue weighted by molar-refractivity contribution is 5.84. The minimum atomic E-state index is -1.04. The van der Waals surface area contributed by atoms with E-state index in [0.717, 1.165) is 16.8 Å². The number of rotatable bonds is 5. The summed E-state index contributed by atoms with van der Waals surface area (Å²) in [6.07, 6.45) is 0. The number of hydrogen-bond acceptors (Lipinski definition) is 3. The van der Waals surface area contributed by atoms with Crippen LogP contribution in [0.25, 0.3) is 11.1 Å². The van der Waals surface area contributed by atoms with Gasteiger partial charge in [0.2, 0.25) is 0 Å². The molecular weight excluding hydrogens is 254 g/mol. The highest BCUT2D eigenvalue weighted by Crippen LogP contribution is 2.30. The molecule has 104 valence electrons. The lowest BCUT2D eigenvalue weighted by Gasteiger charge is -2.27. The maximum Gasteiger partial charge on any atom is 0.328 e. The Labute approximate surface area is 117 Å². The van der Waals surface area contributed by atoms with Crippen LogP contribution in [0.1, 0.15) is 0 Å². The van der Waals surface area contributed by atoms with E-state index in [0.29, 0.717) is 0 Å². The second kappa shape index (κ2) is 6.21. The fourth-order valence-electron chi connectivity index (χ4n) is 2.18. The molecule has 2 aromatic carbocycles. The minimum Gasteiger partial charge on any atom is -0.480 e. The van der Waals surface area contributed by atoms with Crippen molar-refractivity contribution < 1.29 is 15.0 Å². The molecule has 20 heavy (non-hydrogen) atoms. The Morgan fingerprint density at radius 3 is 2.30 bits per heavy atom. The number of carboxylic acid groups (broad SMARTS) is 1. The highest BCUT2D eigenvalue weighted by Gasteiger charge is 2.23. The second-order valence-electron chi connectivity index (χ2n) is 4.53. The van der Waals surface area contributed by atoms with Gasteiger partial charge >= 0.3 is 5.97 Å². The summed E-state index contributed by atoms with van der Waals surface area (Å²) in [5.74, 6) is -1.04. The van der Waals surface area contributed by atoms with Crippen LogP contribution in [0, 0.1) is 0 Å². The lowest BCUT2D eigenvalue weighted by molar-refractivity contribution is -0.139. The summed E-state index contributed by atoms with van der Waals surface area (Å²) in [5.41, 5.74) is 2.73. The van der Waals surface area contributed by atoms with Crippen molar-refractivity contribution in [2.24, 2.45) is 0 Å². The number of benzene rings is 2. The van der Waals surface area contributed by atoms with E-state index in [1.165, 1.54) is 0 Å². The van der Waals surface area contributed by atoms with Gasteiger partial charge in [-0.3, -0.25) is 0 Å². The van der Waals surface area contributed by atoms with E-state index in [9.17, 15) is 9.90 Å². The van der Waals surface area contributed by atoms with Gasteiger partial charge in [-0.2, -0.15) is 0 Å². The number of aliphatic carboxylic acids is 1. The molecule has 0 saturated carbocycles. The fourth-order valence-corrected chi connectivity index (χ4v) is 2.18. The molecule has 0 amide bonds. The van der Waals surface area contributed by atoms with Crippen molar-refractivity contribution in [3.8, 4) is 11.1 Å². The van der Waals surface area contributed by atoms with E-state index in [2.05, 4.69) is 0 Å². The number of nitrogens with zero attached hydrogens (tertiary/aromatic N) is 1. The number of aliphatic hydroxyl groups excluding tert-OH is 1. The summed E-state index contributed by atoms with van der Waals surface area (Å²) in [6.45, 7) is -0.436. The van der Waals surface area contributed by atoms with Crippen molar-refractivity contribution in [2.45, 2.75) is 6.04 Å². The van der Waals surface area contributed by atoms with Crippen molar-refractivity contribution in [1.82, 2.24) is 0 Å². The zero-order chi connectivity index (χ0) is 14.5. The number of para-hydroxylation sites is 1. The van der Waals surface area contributed by atoms with Crippen molar-refractivity contribution in [1.29, 1.82) is 0 Å². The summed E-state index contributed by atoms with van der Waals surface area (Å²) in [6, 6.07) is 16.4. The molecule has 0 aromatic heterocycles. The molecule has 0 bridgehead atoms. The van der Waals surface area contributed by atoms with Crippen molar-refractivity contribution in [2.75, 3.05) is 18.6 Å². The summed E-state index contributed by atoms with van der Waals surface area (Å²) in [5, 5.41) is 18.4. The van der Waals surface area contributed by atoms with Gasteiger partial charge in [-0.15, -0.1) is 0 Å². The van der Waals surface area contributed by atoms with Gasteiger partial charge in [0.05, 0.1) is 6.61 Å². The molecule has 4 nitrogen and oxygen atoms in total. The molecule has 0 radical (unpaired) electrons. The zero-order valence-corrected chi connectivity index (χ0v) is 11.2. The van der Waals surface area contributed by atoms with Gasteiger partial charge in [0.25, 0.3) is 0 Å². The third-order valence-corrected chi connectivity index (χ3v) is 3.29. The van der Waals surface area contributed by atoms with Crippen LogP contribution in [0.3, 0.4) is 0 Å². The van der Waals surface area contributed by atoms with Crippen LogP contribution >= 0.6 is 0 Å². The van der Waals surface area contributed by atoms with Gasteiger partial charge in [-0.05, 0) is 11.6 Å². The lowest BCUT2D eigenvalue weighted by atomic mass is 10.0. The van der Waals surface area contributed by atoms with Crippen LogP contribution in [0.4, 0.5) is 5.69 Å². The van der Waals surface area contributed by atoms with Crippen molar-refractivity contribution in [3.63, 3.8) is 0 Å². The molecule has 1 atom stereocenters. The van der Waals surface area contributed by atoms with Crippen LogP contribution in [0.2, 0.25) is 0 Å². The van der Waals surface area contributed by atoms with Crippen LogP contribution in [0.5, 0.6) is 0 Å². The average molecular weight is 271 g/mol. The quantitative estimate of drug-likeness (QED) is 0.875. The van der Waals surface area contributed by atoms with Crippen LogP contribution in [-0.2, 0) is 4.79 Å². The molecule has 0 saturated heterocycles. The van der Waals surface area contributed by atoms with E-state index < -0.39 is 18.6 Å². The molecule has 2 N–H and O–H groups in total. The Hall–Kier alpha value is -2.33. The summed E-state index contributed by atoms with van der Waals surface area (Å²) in [7, 11) is 1.68. The SMILES string of the molecule is CN(c1ccccc1-c1ccccc1)C(CO)C(=O)O. The van der Waals surface area contributed by atoms with Gasteiger partial charge in [-0.1, -0.05) is 48.5 Å². The van der Waals surface area contributed by atoms with Gasteiger partial charge in [0.1, 0.15) is 6.04 Å². The zero-order valence-electron chi connectivity index (χ0n) is 11.2. The van der Waals surface area contributed by atoms with E-state index in [1.54, 1.807) is 11.9 Å². The number of anilines is 1. The average Bonchev–Trinajstić information content (AvgIpc) is 2.48. The standard InChI is InChI=1S/C16H17NO3/c1-17(15(11-18)16(19)20)14-10-6-5-9-13(14)12-7-3-2-4-8-12/h2-10,15,18H,11H2,1H3,(H,19,20). The maximum atomic E-state index is 11.2. The third-order valence-electron chi connectivity index (χ3n) is 3.29. The van der Waals surface area contributed by atoms with E-state index in [1.807, 2.05) is 54.6 Å². The molecule has 0 spiro atoms. The maximum absolute atomic E-state index is 11.2. The highest BCUT2D eigenvalue weighted by atomic mass is 16.4. The van der Waals surface area contributed by atoms with Gasteiger partial charge < -0.3 is 15.1 Å². The van der Waals surface area contributed by atoms with E-state index >= 15 is 0 Å². The Morgan fingerprint density at radius 1 is 1.10 bits per heavy atom. The third kappa shape index (κ3) is 2.81. The molecule has 0 aliphatic carbocycles. The number of aliphatic hydroxyl groups is 1. The smallest absolute Gasteiger partial charge is 0.328 e. The van der Waals surface area contributed by atoms with Gasteiger partial charge in [0.15, 0.2) is 0 Å². The molecule has 1 unspecified atom stereocenters. The first kappa shape index (κ1) is 14.1. The van der Waals surface area contributed by atoms with Gasteiger partial charge in [0, 0.05) is 18.3 Å². The normalized spacial score (nSPS) is 11.9. The molecule has 4 heteroatoms. The first-order valence-electron chi connectivity index (χ1n) is 6.36. The van der Waals surface area contributed by atoms with Crippen LogP contribution < -0.4 is 4.90 Å². The molecule has 2 aromatic rings. The second-order valence-corrected chi connectivity index (χ2v) is 4.53. The van der Waals surface area contributed by atoms with Crippen molar-refractivity contribution in [3.05, 3.63) is 54.6 Å². The Kier molecular flexibility index (Phi) is 4.38. The molecule has 0 fully saturated rings. The number of hydrogen-bond donors (Lipinski definition) is 2. The first-order valence-corrected chi connectivity index (χ1v) is 6.36. The van der Waals surface area contributed by atoms with Gasteiger partial charge in [-0.25, -0.2) is 4.79 Å². The molecule has 0 aliphatic rings. The first-order chi connectivity index (χ1) is 9.65. The number of carbonyl (C=O) groups is 1. The summed E-state index contributed by atoms with van der Waals surface area (Å²) >= 11 is 0. The largest absolute Gasteiger partial charge is 0.480 e. The predicted octanol–water partition coefficient (Wildman–Crippen LogP) is 2.24. The fraction of sp³-hybridized carbons (Fsp3) is 0.188. The summed E-state index contributed by atoms with van der Waals surface area (Å²) in [4.78, 5) is 12.8. The van der Waals surface area contributed by atoms with Crippen LogP contribution in [-0.4, -0.2) is 35.9 Å². The Balaban J connectivity index is 2.45. The number of likely N-dealkylation sites (N-methyl/N-ethyl adjacent to an activating group) is 1. The van der Waals surface area contributed by atoms with E-state index in [-0.39, 0.29) is 0 Å². The predicted molar refractivity (Wildman–Crippen MR) is 78.8 cm³/mol. The monoisotopic (exact) mass is 271 g/mol. The minimum absolute atomic E-state index is 0.436. The van der Waals surface area contributed by atoms with Crippen LogP contribution in [0.15, 0.2) is 54.6 Å². The molecular formula is C16H17NO3. The van der Waals surface area contributed by atoms with E-state index in [4.69, 9.17) is 5.11 Å². The summed E-state index contributed by atoms with van der Waals surface area (Å²) < 4.78 is 0. The lowest BCUT2D eigenvalue weighted by Crippen LogP contribution is -2.41. The molecule has 0 aliphatic heterocycles.